The molecule has 0 unspecified atom stereocenters. The lowest BCUT2D eigenvalue weighted by molar-refractivity contribution is -0.147. The van der Waals surface area contributed by atoms with Crippen LogP contribution in [0.5, 0.6) is 0 Å². The minimum Gasteiger partial charge on any atom is -0.466 e. The first-order valence-electron chi connectivity index (χ1n) is 6.08. The van der Waals surface area contributed by atoms with Crippen LogP contribution in [0.3, 0.4) is 0 Å². The second-order valence-corrected chi connectivity index (χ2v) is 4.59. The highest BCUT2D eigenvalue weighted by Gasteiger charge is 2.27. The molecule has 5 heteroatoms. The Morgan fingerprint density at radius 1 is 1.22 bits per heavy atom. The molecule has 1 N–H and O–H groups in total. The maximum absolute atomic E-state index is 10.8. The number of esters is 2. The van der Waals surface area contributed by atoms with E-state index in [9.17, 15) is 9.59 Å². The molecule has 2 atom stereocenters. The van der Waals surface area contributed by atoms with E-state index in [0.717, 1.165) is 12.0 Å². The van der Waals surface area contributed by atoms with Crippen LogP contribution in [0.15, 0.2) is 11.6 Å². The molecule has 5 nitrogen and oxygen atoms in total. The van der Waals surface area contributed by atoms with Gasteiger partial charge < -0.3 is 14.6 Å². The van der Waals surface area contributed by atoms with Crippen molar-refractivity contribution in [1.82, 2.24) is 0 Å². The average molecular weight is 256 g/mol. The van der Waals surface area contributed by atoms with Crippen molar-refractivity contribution in [3.63, 3.8) is 0 Å². The van der Waals surface area contributed by atoms with Gasteiger partial charge in [0, 0.05) is 25.7 Å². The Balaban J connectivity index is 2.57. The maximum Gasteiger partial charge on any atom is 0.302 e. The van der Waals surface area contributed by atoms with Crippen LogP contribution in [0, 0.1) is 11.8 Å². The van der Waals surface area contributed by atoms with Gasteiger partial charge in [-0.05, 0) is 18.4 Å². The number of hydrogen-bond acceptors (Lipinski definition) is 5. The molecule has 0 fully saturated rings. The van der Waals surface area contributed by atoms with Crippen LogP contribution in [0.2, 0.25) is 0 Å². The molecule has 1 aliphatic rings. The molecule has 0 aromatic carbocycles. The Kier molecular flexibility index (Phi) is 5.85. The van der Waals surface area contributed by atoms with Gasteiger partial charge in [-0.15, -0.1) is 0 Å². The molecule has 0 radical (unpaired) electrons. The summed E-state index contributed by atoms with van der Waals surface area (Å²) in [6.07, 6.45) is 3.38. The fourth-order valence-corrected chi connectivity index (χ4v) is 2.07. The molecule has 0 aliphatic heterocycles. The molecule has 18 heavy (non-hydrogen) atoms. The standard InChI is InChI=1S/C13H20O5/c1-9(15)17-7-12-4-3-11(6-14)5-13(12)8-18-10(2)16/h3,12-14H,4-8H2,1-2H3/t12-,13-/m0/s1. The van der Waals surface area contributed by atoms with Crippen LogP contribution in [0.1, 0.15) is 26.7 Å². The molecular formula is C13H20O5. The van der Waals surface area contributed by atoms with Crippen molar-refractivity contribution >= 4 is 11.9 Å². The van der Waals surface area contributed by atoms with E-state index in [4.69, 9.17) is 14.6 Å². The van der Waals surface area contributed by atoms with Crippen molar-refractivity contribution < 1.29 is 24.2 Å². The predicted molar refractivity (Wildman–Crippen MR) is 64.6 cm³/mol. The number of rotatable bonds is 5. The van der Waals surface area contributed by atoms with Crippen molar-refractivity contribution in [3.8, 4) is 0 Å². The first kappa shape index (κ1) is 14.7. The molecule has 0 spiro atoms. The van der Waals surface area contributed by atoms with Gasteiger partial charge in [-0.25, -0.2) is 0 Å². The normalized spacial score (nSPS) is 23.2. The second kappa shape index (κ2) is 7.16. The van der Waals surface area contributed by atoms with Crippen molar-refractivity contribution in [2.75, 3.05) is 19.8 Å². The number of ether oxygens (including phenoxy) is 2. The lowest BCUT2D eigenvalue weighted by atomic mass is 9.80. The zero-order valence-electron chi connectivity index (χ0n) is 10.8. The Morgan fingerprint density at radius 3 is 2.28 bits per heavy atom. The molecular weight excluding hydrogens is 236 g/mol. The fourth-order valence-electron chi connectivity index (χ4n) is 2.07. The Hall–Kier alpha value is -1.36. The van der Waals surface area contributed by atoms with Gasteiger partial charge in [0.2, 0.25) is 0 Å². The van der Waals surface area contributed by atoms with Gasteiger partial charge in [-0.3, -0.25) is 9.59 Å². The summed E-state index contributed by atoms with van der Waals surface area (Å²) in [5.74, 6) is -0.386. The maximum atomic E-state index is 10.8. The minimum absolute atomic E-state index is 0.0247. The number of aliphatic hydroxyl groups excluding tert-OH is 1. The van der Waals surface area contributed by atoms with E-state index >= 15 is 0 Å². The summed E-state index contributed by atoms with van der Waals surface area (Å²) in [6.45, 7) is 3.40. The van der Waals surface area contributed by atoms with Gasteiger partial charge in [-0.1, -0.05) is 6.08 Å². The van der Waals surface area contributed by atoms with Crippen molar-refractivity contribution in [2.24, 2.45) is 11.8 Å². The summed E-state index contributed by atoms with van der Waals surface area (Å²) in [7, 11) is 0. The monoisotopic (exact) mass is 256 g/mol. The van der Waals surface area contributed by atoms with E-state index in [2.05, 4.69) is 0 Å². The van der Waals surface area contributed by atoms with Gasteiger partial charge in [0.25, 0.3) is 0 Å². The SMILES string of the molecule is CC(=O)OC[C@@H]1CC(CO)=CC[C@H]1COC(C)=O. The number of hydrogen-bond donors (Lipinski definition) is 1. The molecule has 1 aliphatic carbocycles. The lowest BCUT2D eigenvalue weighted by Gasteiger charge is -2.30. The van der Waals surface area contributed by atoms with E-state index in [1.807, 2.05) is 6.08 Å². The number of aliphatic hydroxyl groups is 1. The van der Waals surface area contributed by atoms with E-state index in [1.165, 1.54) is 13.8 Å². The topological polar surface area (TPSA) is 72.8 Å². The molecule has 0 aromatic rings. The Bertz CT molecular complexity index is 334. The average Bonchev–Trinajstić information content (AvgIpc) is 2.34. The van der Waals surface area contributed by atoms with Crippen LogP contribution in [-0.4, -0.2) is 36.9 Å². The number of carbonyl (C=O) groups excluding carboxylic acids is 2. The Morgan fingerprint density at radius 2 is 1.78 bits per heavy atom. The highest BCUT2D eigenvalue weighted by molar-refractivity contribution is 5.66. The molecule has 0 heterocycles. The van der Waals surface area contributed by atoms with Gasteiger partial charge in [0.15, 0.2) is 0 Å². The van der Waals surface area contributed by atoms with Crippen molar-refractivity contribution in [1.29, 1.82) is 0 Å². The lowest BCUT2D eigenvalue weighted by Crippen LogP contribution is -2.29. The molecule has 102 valence electrons. The summed E-state index contributed by atoms with van der Waals surface area (Å²) < 4.78 is 10.0. The largest absolute Gasteiger partial charge is 0.466 e. The van der Waals surface area contributed by atoms with Gasteiger partial charge in [0.05, 0.1) is 19.8 Å². The predicted octanol–water partition coefficient (Wildman–Crippen LogP) is 1.06. The fraction of sp³-hybridized carbons (Fsp3) is 0.692. The molecule has 0 aromatic heterocycles. The third-order valence-electron chi connectivity index (χ3n) is 3.10. The second-order valence-electron chi connectivity index (χ2n) is 4.59. The smallest absolute Gasteiger partial charge is 0.302 e. The summed E-state index contributed by atoms with van der Waals surface area (Å²) in [5, 5.41) is 9.13. The quantitative estimate of drug-likeness (QED) is 0.588. The summed E-state index contributed by atoms with van der Waals surface area (Å²) in [4.78, 5) is 21.7. The molecule has 0 bridgehead atoms. The van der Waals surface area contributed by atoms with E-state index < -0.39 is 0 Å². The number of carbonyl (C=O) groups is 2. The van der Waals surface area contributed by atoms with Crippen LogP contribution in [-0.2, 0) is 19.1 Å². The summed E-state index contributed by atoms with van der Waals surface area (Å²) in [5.41, 5.74) is 0.950. The first-order valence-corrected chi connectivity index (χ1v) is 6.08. The van der Waals surface area contributed by atoms with E-state index in [-0.39, 0.29) is 30.4 Å². The third kappa shape index (κ3) is 4.87. The van der Waals surface area contributed by atoms with Gasteiger partial charge in [0.1, 0.15) is 0 Å². The summed E-state index contributed by atoms with van der Waals surface area (Å²) in [6, 6.07) is 0. The Labute approximate surface area is 107 Å². The molecule has 0 saturated carbocycles. The van der Waals surface area contributed by atoms with Gasteiger partial charge >= 0.3 is 11.9 Å². The third-order valence-corrected chi connectivity index (χ3v) is 3.10. The van der Waals surface area contributed by atoms with E-state index in [1.54, 1.807) is 0 Å². The summed E-state index contributed by atoms with van der Waals surface area (Å²) >= 11 is 0. The van der Waals surface area contributed by atoms with Crippen molar-refractivity contribution in [3.05, 3.63) is 11.6 Å². The van der Waals surface area contributed by atoms with E-state index in [0.29, 0.717) is 19.6 Å². The zero-order valence-corrected chi connectivity index (χ0v) is 10.8. The highest BCUT2D eigenvalue weighted by Crippen LogP contribution is 2.30. The zero-order chi connectivity index (χ0) is 13.5. The van der Waals surface area contributed by atoms with Crippen molar-refractivity contribution in [2.45, 2.75) is 26.7 Å². The molecule has 0 amide bonds. The van der Waals surface area contributed by atoms with Crippen LogP contribution in [0.4, 0.5) is 0 Å². The molecule has 1 rings (SSSR count). The molecule has 0 saturated heterocycles. The van der Waals surface area contributed by atoms with Crippen LogP contribution < -0.4 is 0 Å². The minimum atomic E-state index is -0.318. The number of allylic oxidation sites excluding steroid dienone is 1. The van der Waals surface area contributed by atoms with Crippen LogP contribution in [0.25, 0.3) is 0 Å². The highest BCUT2D eigenvalue weighted by atomic mass is 16.5. The van der Waals surface area contributed by atoms with Gasteiger partial charge in [-0.2, -0.15) is 0 Å². The first-order chi connectivity index (χ1) is 8.52. The van der Waals surface area contributed by atoms with Crippen LogP contribution >= 0.6 is 0 Å².